The number of aliphatic carboxylic acids is 1. The summed E-state index contributed by atoms with van der Waals surface area (Å²) in [5.74, 6) is -1.34. The van der Waals surface area contributed by atoms with Crippen LogP contribution in [0.1, 0.15) is 20.3 Å². The van der Waals surface area contributed by atoms with Crippen LogP contribution in [-0.4, -0.2) is 66.8 Å². The summed E-state index contributed by atoms with van der Waals surface area (Å²) < 4.78 is 5.15. The molecule has 1 fully saturated rings. The van der Waals surface area contributed by atoms with Crippen LogP contribution in [0.5, 0.6) is 0 Å². The molecule has 0 spiro atoms. The topological polar surface area (TPSA) is 108 Å². The number of morpholine rings is 1. The van der Waals surface area contributed by atoms with E-state index in [4.69, 9.17) is 9.84 Å². The van der Waals surface area contributed by atoms with E-state index in [1.165, 1.54) is 0 Å². The van der Waals surface area contributed by atoms with Gasteiger partial charge in [-0.05, 0) is 5.92 Å². The molecule has 8 nitrogen and oxygen atoms in total. The summed E-state index contributed by atoms with van der Waals surface area (Å²) in [6.07, 6.45) is 0.187. The normalized spacial score (nSPS) is 16.4. The molecule has 1 aliphatic heterocycles. The molecule has 1 saturated heterocycles. The monoisotopic (exact) mass is 301 g/mol. The molecular formula is C13H23N3O5. The molecule has 0 aromatic rings. The zero-order chi connectivity index (χ0) is 15.8. The van der Waals surface area contributed by atoms with Gasteiger partial charge in [0, 0.05) is 26.1 Å². The van der Waals surface area contributed by atoms with Gasteiger partial charge in [0.1, 0.15) is 6.04 Å². The minimum Gasteiger partial charge on any atom is -0.480 e. The predicted octanol–water partition coefficient (Wildman–Crippen LogP) is -0.356. The molecule has 1 aliphatic rings. The quantitative estimate of drug-likeness (QED) is 0.621. The van der Waals surface area contributed by atoms with E-state index in [0.717, 1.165) is 0 Å². The predicted molar refractivity (Wildman–Crippen MR) is 74.8 cm³/mol. The van der Waals surface area contributed by atoms with Crippen molar-refractivity contribution in [3.8, 4) is 0 Å². The molecule has 0 saturated carbocycles. The summed E-state index contributed by atoms with van der Waals surface area (Å²) in [5, 5.41) is 13.8. The van der Waals surface area contributed by atoms with E-state index < -0.39 is 18.0 Å². The number of hydrogen-bond donors (Lipinski definition) is 3. The van der Waals surface area contributed by atoms with Crippen molar-refractivity contribution in [1.82, 2.24) is 15.5 Å². The minimum atomic E-state index is -1.08. The number of carboxylic acids is 1. The largest absolute Gasteiger partial charge is 0.480 e. The van der Waals surface area contributed by atoms with Crippen molar-refractivity contribution >= 4 is 17.9 Å². The fourth-order valence-corrected chi connectivity index (χ4v) is 1.96. The molecule has 3 N–H and O–H groups in total. The third-order valence-electron chi connectivity index (χ3n) is 3.21. The van der Waals surface area contributed by atoms with Crippen molar-refractivity contribution in [3.05, 3.63) is 0 Å². The fourth-order valence-electron chi connectivity index (χ4n) is 1.96. The molecule has 0 aliphatic carbocycles. The molecule has 0 radical (unpaired) electrons. The van der Waals surface area contributed by atoms with Gasteiger partial charge in [-0.15, -0.1) is 0 Å². The lowest BCUT2D eigenvalue weighted by Gasteiger charge is -2.27. The van der Waals surface area contributed by atoms with E-state index in [1.807, 2.05) is 0 Å². The van der Waals surface area contributed by atoms with E-state index in [1.54, 1.807) is 18.7 Å². The number of carboxylic acid groups (broad SMARTS) is 1. The van der Waals surface area contributed by atoms with E-state index in [2.05, 4.69) is 10.6 Å². The van der Waals surface area contributed by atoms with Gasteiger partial charge in [-0.25, -0.2) is 9.59 Å². The minimum absolute atomic E-state index is 0.0442. The maximum Gasteiger partial charge on any atom is 0.326 e. The van der Waals surface area contributed by atoms with Crippen LogP contribution in [0, 0.1) is 5.92 Å². The number of carbonyl (C=O) groups excluding carboxylic acids is 2. The Balaban J connectivity index is 2.26. The molecule has 0 unspecified atom stereocenters. The zero-order valence-corrected chi connectivity index (χ0v) is 12.4. The number of nitrogens with zero attached hydrogens (tertiary/aromatic N) is 1. The van der Waals surface area contributed by atoms with Gasteiger partial charge >= 0.3 is 12.0 Å². The van der Waals surface area contributed by atoms with Crippen LogP contribution in [0.2, 0.25) is 0 Å². The Kier molecular flexibility index (Phi) is 6.93. The second-order valence-corrected chi connectivity index (χ2v) is 5.20. The van der Waals surface area contributed by atoms with Gasteiger partial charge in [-0.1, -0.05) is 13.8 Å². The Morgan fingerprint density at radius 1 is 1.24 bits per heavy atom. The number of urea groups is 1. The lowest BCUT2D eigenvalue weighted by Crippen LogP contribution is -2.49. The first kappa shape index (κ1) is 17.2. The van der Waals surface area contributed by atoms with E-state index >= 15 is 0 Å². The number of amides is 3. The van der Waals surface area contributed by atoms with Crippen LogP contribution in [0.25, 0.3) is 0 Å². The fraction of sp³-hybridized carbons (Fsp3) is 0.769. The molecule has 1 atom stereocenters. The standard InChI is InChI=1S/C13H23N3O5/c1-9(2)11(12(18)19)15-13(20)14-4-3-10(17)16-5-7-21-8-6-16/h9,11H,3-8H2,1-2H3,(H,18,19)(H2,14,15,20)/t11-/m1/s1. The van der Waals surface area contributed by atoms with Gasteiger partial charge in [0.15, 0.2) is 0 Å². The lowest BCUT2D eigenvalue weighted by molar-refractivity contribution is -0.140. The maximum absolute atomic E-state index is 11.8. The zero-order valence-electron chi connectivity index (χ0n) is 12.4. The summed E-state index contributed by atoms with van der Waals surface area (Å²) in [7, 11) is 0. The third-order valence-corrected chi connectivity index (χ3v) is 3.21. The molecule has 0 bridgehead atoms. The second kappa shape index (κ2) is 8.46. The van der Waals surface area contributed by atoms with Crippen LogP contribution in [0.4, 0.5) is 4.79 Å². The molecular weight excluding hydrogens is 278 g/mol. The van der Waals surface area contributed by atoms with Gasteiger partial charge in [0.25, 0.3) is 0 Å². The second-order valence-electron chi connectivity index (χ2n) is 5.20. The van der Waals surface area contributed by atoms with Crippen molar-refractivity contribution in [2.45, 2.75) is 26.3 Å². The van der Waals surface area contributed by atoms with Crippen molar-refractivity contribution in [2.24, 2.45) is 5.92 Å². The van der Waals surface area contributed by atoms with Gasteiger partial charge in [0.2, 0.25) is 5.91 Å². The highest BCUT2D eigenvalue weighted by atomic mass is 16.5. The smallest absolute Gasteiger partial charge is 0.326 e. The number of ether oxygens (including phenoxy) is 1. The first-order chi connectivity index (χ1) is 9.91. The van der Waals surface area contributed by atoms with Crippen LogP contribution in [0.15, 0.2) is 0 Å². The van der Waals surface area contributed by atoms with Gasteiger partial charge < -0.3 is 25.4 Å². The lowest BCUT2D eigenvalue weighted by atomic mass is 10.1. The van der Waals surface area contributed by atoms with Gasteiger partial charge in [0.05, 0.1) is 13.2 Å². The average Bonchev–Trinajstić information content (AvgIpc) is 2.45. The summed E-state index contributed by atoms with van der Waals surface area (Å²) in [4.78, 5) is 36.1. The first-order valence-corrected chi connectivity index (χ1v) is 7.04. The molecule has 120 valence electrons. The maximum atomic E-state index is 11.8. The molecule has 0 aromatic heterocycles. The molecule has 3 amide bonds. The highest BCUT2D eigenvalue weighted by Gasteiger charge is 2.23. The van der Waals surface area contributed by atoms with Crippen molar-refractivity contribution < 1.29 is 24.2 Å². The highest BCUT2D eigenvalue weighted by molar-refractivity contribution is 5.83. The molecule has 0 aromatic carbocycles. The number of nitrogens with one attached hydrogen (secondary N) is 2. The van der Waals surface area contributed by atoms with Crippen LogP contribution in [0.3, 0.4) is 0 Å². The van der Waals surface area contributed by atoms with Crippen molar-refractivity contribution in [3.63, 3.8) is 0 Å². The Hall–Kier alpha value is -1.83. The summed E-state index contributed by atoms with van der Waals surface area (Å²) in [5.41, 5.74) is 0. The van der Waals surface area contributed by atoms with Gasteiger partial charge in [-0.3, -0.25) is 4.79 Å². The van der Waals surface area contributed by atoms with E-state index in [0.29, 0.717) is 26.3 Å². The Labute approximate surface area is 123 Å². The Bertz CT molecular complexity index is 380. The Morgan fingerprint density at radius 3 is 2.38 bits per heavy atom. The van der Waals surface area contributed by atoms with Crippen molar-refractivity contribution in [1.29, 1.82) is 0 Å². The van der Waals surface area contributed by atoms with Crippen LogP contribution in [-0.2, 0) is 14.3 Å². The number of hydrogen-bond acceptors (Lipinski definition) is 4. The van der Waals surface area contributed by atoms with Crippen molar-refractivity contribution in [2.75, 3.05) is 32.8 Å². The number of rotatable bonds is 6. The average molecular weight is 301 g/mol. The van der Waals surface area contributed by atoms with E-state index in [9.17, 15) is 14.4 Å². The molecule has 1 heterocycles. The molecule has 21 heavy (non-hydrogen) atoms. The van der Waals surface area contributed by atoms with Crippen LogP contribution >= 0.6 is 0 Å². The third kappa shape index (κ3) is 5.99. The molecule has 1 rings (SSSR count). The number of carbonyl (C=O) groups is 3. The van der Waals surface area contributed by atoms with Crippen LogP contribution < -0.4 is 10.6 Å². The summed E-state index contributed by atoms with van der Waals surface area (Å²) in [6.45, 7) is 5.80. The van der Waals surface area contributed by atoms with E-state index in [-0.39, 0.29) is 24.8 Å². The summed E-state index contributed by atoms with van der Waals surface area (Å²) >= 11 is 0. The highest BCUT2D eigenvalue weighted by Crippen LogP contribution is 2.02. The first-order valence-electron chi connectivity index (χ1n) is 7.04. The van der Waals surface area contributed by atoms with Gasteiger partial charge in [-0.2, -0.15) is 0 Å². The SMILES string of the molecule is CC(C)[C@@H](NC(=O)NCCC(=O)N1CCOCC1)C(=O)O. The summed E-state index contributed by atoms with van der Waals surface area (Å²) in [6, 6.07) is -1.52. The molecule has 8 heteroatoms. The Morgan fingerprint density at radius 2 is 1.86 bits per heavy atom.